The van der Waals surface area contributed by atoms with Crippen molar-refractivity contribution in [1.82, 2.24) is 0 Å². The highest BCUT2D eigenvalue weighted by Crippen LogP contribution is 2.44. The van der Waals surface area contributed by atoms with E-state index in [1.807, 2.05) is 0 Å². The van der Waals surface area contributed by atoms with E-state index >= 15 is 0 Å². The summed E-state index contributed by atoms with van der Waals surface area (Å²) >= 11 is 0. The van der Waals surface area contributed by atoms with Crippen molar-refractivity contribution in [2.45, 2.75) is 39.0 Å². The Hall–Kier alpha value is -1.82. The molecule has 0 radical (unpaired) electrons. The average Bonchev–Trinajstić information content (AvgIpc) is 2.86. The highest BCUT2D eigenvalue weighted by atomic mass is 14.3. The number of benzene rings is 2. The highest BCUT2D eigenvalue weighted by molar-refractivity contribution is 5.92. The fourth-order valence-corrected chi connectivity index (χ4v) is 3.39. The van der Waals surface area contributed by atoms with E-state index in [4.69, 9.17) is 0 Å². The van der Waals surface area contributed by atoms with Gasteiger partial charge in [0.25, 0.3) is 0 Å². The molecule has 0 heteroatoms. The molecule has 0 bridgehead atoms. The fraction of sp³-hybridized carbons (Fsp3) is 0.300. The predicted molar refractivity (Wildman–Crippen MR) is 87.8 cm³/mol. The van der Waals surface area contributed by atoms with Crippen LogP contribution >= 0.6 is 0 Å². The molecule has 3 rings (SSSR count). The van der Waals surface area contributed by atoms with Gasteiger partial charge < -0.3 is 0 Å². The zero-order chi connectivity index (χ0) is 13.9. The van der Waals surface area contributed by atoms with Gasteiger partial charge in [-0.05, 0) is 40.7 Å². The molecule has 20 heavy (non-hydrogen) atoms. The second-order valence-electron chi connectivity index (χ2n) is 5.60. The maximum atomic E-state index is 2.40. The molecule has 0 fully saturated rings. The average molecular weight is 262 g/mol. The molecule has 102 valence electrons. The molecule has 1 aliphatic rings. The van der Waals surface area contributed by atoms with E-state index in [0.29, 0.717) is 5.92 Å². The summed E-state index contributed by atoms with van der Waals surface area (Å²) in [5, 5.41) is 0. The van der Waals surface area contributed by atoms with E-state index in [9.17, 15) is 0 Å². The van der Waals surface area contributed by atoms with Crippen molar-refractivity contribution in [3.05, 3.63) is 70.8 Å². The van der Waals surface area contributed by atoms with Gasteiger partial charge in [-0.2, -0.15) is 0 Å². The summed E-state index contributed by atoms with van der Waals surface area (Å²) in [7, 11) is 0. The van der Waals surface area contributed by atoms with Gasteiger partial charge in [-0.25, -0.2) is 0 Å². The normalized spacial score (nSPS) is 16.9. The molecular weight excluding hydrogens is 240 g/mol. The van der Waals surface area contributed by atoms with Gasteiger partial charge in [-0.1, -0.05) is 74.9 Å². The van der Waals surface area contributed by atoms with Crippen molar-refractivity contribution in [1.29, 1.82) is 0 Å². The summed E-state index contributed by atoms with van der Waals surface area (Å²) in [6, 6.07) is 17.8. The van der Waals surface area contributed by atoms with Crippen LogP contribution in [0.5, 0.6) is 0 Å². The van der Waals surface area contributed by atoms with Crippen LogP contribution in [0.1, 0.15) is 54.9 Å². The van der Waals surface area contributed by atoms with Gasteiger partial charge in [0.2, 0.25) is 0 Å². The van der Waals surface area contributed by atoms with Gasteiger partial charge in [0, 0.05) is 5.92 Å². The van der Waals surface area contributed by atoms with Crippen molar-refractivity contribution in [3.63, 3.8) is 0 Å². The summed E-state index contributed by atoms with van der Waals surface area (Å²) in [5.74, 6) is 0.559. The lowest BCUT2D eigenvalue weighted by molar-refractivity contribution is 0.829. The molecule has 2 aromatic carbocycles. The van der Waals surface area contributed by atoms with E-state index in [1.165, 1.54) is 47.1 Å². The molecule has 0 heterocycles. The largest absolute Gasteiger partial charge is 0.0651 e. The minimum absolute atomic E-state index is 0.559. The van der Waals surface area contributed by atoms with Crippen LogP contribution in [0.3, 0.4) is 0 Å². The summed E-state index contributed by atoms with van der Waals surface area (Å²) in [6.07, 6.45) is 5.94. The second kappa shape index (κ2) is 5.66. The number of fused-ring (bicyclic) bond motifs is 1. The number of hydrogen-bond acceptors (Lipinski definition) is 0. The molecule has 0 aromatic heterocycles. The molecule has 0 amide bonds. The molecule has 1 unspecified atom stereocenters. The highest BCUT2D eigenvalue weighted by Gasteiger charge is 2.25. The van der Waals surface area contributed by atoms with Crippen molar-refractivity contribution in [2.24, 2.45) is 0 Å². The number of aryl methyl sites for hydroxylation is 1. The minimum atomic E-state index is 0.559. The molecular formula is C20H22. The zero-order valence-electron chi connectivity index (χ0n) is 12.4. The standard InChI is InChI=1S/C20H22/c1-3-9-15-10-5-7-12-18(15)20-14-16-11-6-8-13-19(16)17(20)4-2/h5-8,10-14,17H,3-4,9H2,1-2H3. The third-order valence-corrected chi connectivity index (χ3v) is 4.31. The van der Waals surface area contributed by atoms with E-state index in [1.54, 1.807) is 0 Å². The Kier molecular flexibility index (Phi) is 3.73. The molecule has 1 aliphatic carbocycles. The molecule has 0 saturated heterocycles. The van der Waals surface area contributed by atoms with Crippen LogP contribution < -0.4 is 0 Å². The first kappa shape index (κ1) is 13.2. The first-order chi connectivity index (χ1) is 9.85. The van der Waals surface area contributed by atoms with Crippen molar-refractivity contribution in [2.75, 3.05) is 0 Å². The fourth-order valence-electron chi connectivity index (χ4n) is 3.39. The monoisotopic (exact) mass is 262 g/mol. The Morgan fingerprint density at radius 3 is 2.45 bits per heavy atom. The van der Waals surface area contributed by atoms with Crippen LogP contribution in [0.2, 0.25) is 0 Å². The summed E-state index contributed by atoms with van der Waals surface area (Å²) < 4.78 is 0. The maximum Gasteiger partial charge on any atom is 0.00989 e. The predicted octanol–water partition coefficient (Wildman–Crippen LogP) is 5.69. The molecule has 2 aromatic rings. The molecule has 0 nitrogen and oxygen atoms in total. The summed E-state index contributed by atoms with van der Waals surface area (Å²) in [4.78, 5) is 0. The lowest BCUT2D eigenvalue weighted by Gasteiger charge is -2.17. The first-order valence-electron chi connectivity index (χ1n) is 7.74. The summed E-state index contributed by atoms with van der Waals surface area (Å²) in [5.41, 5.74) is 7.36. The van der Waals surface area contributed by atoms with Gasteiger partial charge in [0.1, 0.15) is 0 Å². The molecule has 0 N–H and O–H groups in total. The van der Waals surface area contributed by atoms with E-state index in [-0.39, 0.29) is 0 Å². The Balaban J connectivity index is 2.08. The Labute approximate surface area is 122 Å². The molecule has 1 atom stereocenters. The smallest absolute Gasteiger partial charge is 0.00989 e. The van der Waals surface area contributed by atoms with Crippen molar-refractivity contribution in [3.8, 4) is 0 Å². The molecule has 0 aliphatic heterocycles. The Morgan fingerprint density at radius 2 is 1.65 bits per heavy atom. The van der Waals surface area contributed by atoms with Crippen LogP contribution in [0.25, 0.3) is 11.6 Å². The number of allylic oxidation sites excluding steroid dienone is 1. The van der Waals surface area contributed by atoms with Gasteiger partial charge in [-0.3, -0.25) is 0 Å². The Bertz CT molecular complexity index is 634. The van der Waals surface area contributed by atoms with Crippen molar-refractivity contribution >= 4 is 11.6 Å². The van der Waals surface area contributed by atoms with Crippen LogP contribution in [0, 0.1) is 0 Å². The zero-order valence-corrected chi connectivity index (χ0v) is 12.4. The number of hydrogen-bond donors (Lipinski definition) is 0. The van der Waals surface area contributed by atoms with Crippen LogP contribution in [-0.2, 0) is 6.42 Å². The lowest BCUT2D eigenvalue weighted by atomic mass is 9.86. The van der Waals surface area contributed by atoms with Gasteiger partial charge in [0.05, 0.1) is 0 Å². The SMILES string of the molecule is CCCc1ccccc1C1=Cc2ccccc2C1CC. The second-order valence-corrected chi connectivity index (χ2v) is 5.60. The third-order valence-electron chi connectivity index (χ3n) is 4.31. The number of rotatable bonds is 4. The van der Waals surface area contributed by atoms with Gasteiger partial charge in [-0.15, -0.1) is 0 Å². The molecule has 0 spiro atoms. The Morgan fingerprint density at radius 1 is 0.900 bits per heavy atom. The minimum Gasteiger partial charge on any atom is -0.0651 e. The lowest BCUT2D eigenvalue weighted by Crippen LogP contribution is -2.00. The summed E-state index contributed by atoms with van der Waals surface area (Å²) in [6.45, 7) is 4.55. The molecule has 0 saturated carbocycles. The van der Waals surface area contributed by atoms with Crippen molar-refractivity contribution < 1.29 is 0 Å². The van der Waals surface area contributed by atoms with Gasteiger partial charge >= 0.3 is 0 Å². The van der Waals surface area contributed by atoms with Gasteiger partial charge in [0.15, 0.2) is 0 Å². The van der Waals surface area contributed by atoms with Crippen LogP contribution in [0.4, 0.5) is 0 Å². The van der Waals surface area contributed by atoms with E-state index in [2.05, 4.69) is 68.5 Å². The third kappa shape index (κ3) is 2.20. The van der Waals surface area contributed by atoms with E-state index in [0.717, 1.165) is 0 Å². The topological polar surface area (TPSA) is 0 Å². The van der Waals surface area contributed by atoms with Crippen LogP contribution in [0.15, 0.2) is 48.5 Å². The van der Waals surface area contributed by atoms with Crippen LogP contribution in [-0.4, -0.2) is 0 Å². The maximum absolute atomic E-state index is 2.40. The first-order valence-corrected chi connectivity index (χ1v) is 7.74. The van der Waals surface area contributed by atoms with E-state index < -0.39 is 0 Å². The quantitative estimate of drug-likeness (QED) is 0.664.